The fourth-order valence-electron chi connectivity index (χ4n) is 2.17. The molecule has 17 heavy (non-hydrogen) atoms. The van der Waals surface area contributed by atoms with Crippen LogP contribution in [0.25, 0.3) is 0 Å². The summed E-state index contributed by atoms with van der Waals surface area (Å²) in [5, 5.41) is 2.89. The van der Waals surface area contributed by atoms with E-state index >= 15 is 0 Å². The summed E-state index contributed by atoms with van der Waals surface area (Å²) in [5.41, 5.74) is 0. The van der Waals surface area contributed by atoms with E-state index in [9.17, 15) is 13.2 Å². The zero-order chi connectivity index (χ0) is 13.1. The van der Waals surface area contributed by atoms with E-state index in [2.05, 4.69) is 5.32 Å². The number of nitrogens with zero attached hydrogens (tertiary/aromatic N) is 1. The zero-order valence-corrected chi connectivity index (χ0v) is 11.6. The largest absolute Gasteiger partial charge is 0.352 e. The van der Waals surface area contributed by atoms with E-state index in [1.54, 1.807) is 13.8 Å². The first-order valence-electron chi connectivity index (χ1n) is 6.07. The molecule has 0 radical (unpaired) electrons. The number of rotatable bonds is 5. The maximum Gasteiger partial charge on any atom is 0.235 e. The predicted molar refractivity (Wildman–Crippen MR) is 67.1 cm³/mol. The van der Waals surface area contributed by atoms with Crippen LogP contribution in [0, 0.1) is 0 Å². The monoisotopic (exact) mass is 262 g/mol. The Morgan fingerprint density at radius 1 is 1.35 bits per heavy atom. The van der Waals surface area contributed by atoms with Crippen molar-refractivity contribution in [3.63, 3.8) is 0 Å². The van der Waals surface area contributed by atoms with Crippen LogP contribution in [0.15, 0.2) is 0 Å². The topological polar surface area (TPSA) is 66.5 Å². The molecule has 1 aliphatic carbocycles. The Morgan fingerprint density at radius 2 is 1.88 bits per heavy atom. The minimum atomic E-state index is -3.32. The molecule has 0 spiro atoms. The second kappa shape index (κ2) is 5.82. The minimum Gasteiger partial charge on any atom is -0.352 e. The molecule has 1 aliphatic rings. The summed E-state index contributed by atoms with van der Waals surface area (Å²) in [6, 6.07) is 0.0374. The van der Waals surface area contributed by atoms with Gasteiger partial charge >= 0.3 is 0 Å². The lowest BCUT2D eigenvalue weighted by molar-refractivity contribution is -0.122. The molecule has 1 N–H and O–H groups in total. The van der Waals surface area contributed by atoms with Crippen LogP contribution >= 0.6 is 0 Å². The molecule has 0 aromatic rings. The second-order valence-corrected chi connectivity index (χ2v) is 6.89. The van der Waals surface area contributed by atoms with Crippen molar-refractivity contribution in [3.8, 4) is 0 Å². The molecule has 0 aromatic carbocycles. The van der Waals surface area contributed by atoms with Crippen molar-refractivity contribution in [3.05, 3.63) is 0 Å². The summed E-state index contributed by atoms with van der Waals surface area (Å²) in [6.07, 6.45) is 5.43. The van der Waals surface area contributed by atoms with Gasteiger partial charge in [-0.25, -0.2) is 8.42 Å². The van der Waals surface area contributed by atoms with Crippen LogP contribution in [-0.2, 0) is 14.8 Å². The third kappa shape index (κ3) is 4.63. The van der Waals surface area contributed by atoms with E-state index < -0.39 is 10.0 Å². The van der Waals surface area contributed by atoms with Crippen molar-refractivity contribution >= 4 is 15.9 Å². The van der Waals surface area contributed by atoms with E-state index in [1.807, 2.05) is 0 Å². The minimum absolute atomic E-state index is 0.0764. The van der Waals surface area contributed by atoms with Gasteiger partial charge in [-0.2, -0.15) is 4.31 Å². The average molecular weight is 262 g/mol. The van der Waals surface area contributed by atoms with Crippen molar-refractivity contribution in [2.24, 2.45) is 0 Å². The van der Waals surface area contributed by atoms with E-state index in [0.717, 1.165) is 31.9 Å². The summed E-state index contributed by atoms with van der Waals surface area (Å²) >= 11 is 0. The van der Waals surface area contributed by atoms with E-state index in [-0.39, 0.29) is 24.5 Å². The molecule has 1 rings (SSSR count). The third-order valence-corrected chi connectivity index (χ3v) is 4.42. The molecule has 0 unspecified atom stereocenters. The van der Waals surface area contributed by atoms with Crippen molar-refractivity contribution in [2.45, 2.75) is 51.6 Å². The highest BCUT2D eigenvalue weighted by Crippen LogP contribution is 2.17. The van der Waals surface area contributed by atoms with Crippen LogP contribution in [0.1, 0.15) is 39.5 Å². The van der Waals surface area contributed by atoms with Crippen molar-refractivity contribution in [2.75, 3.05) is 12.8 Å². The fourth-order valence-corrected chi connectivity index (χ4v) is 3.29. The Hall–Kier alpha value is -0.620. The second-order valence-electron chi connectivity index (χ2n) is 4.95. The smallest absolute Gasteiger partial charge is 0.235 e. The maximum absolute atomic E-state index is 11.7. The standard InChI is InChI=1S/C11H22N2O3S/c1-9(2)13(17(3,15)16)8-11(14)12-10-6-4-5-7-10/h9-10H,4-8H2,1-3H3,(H,12,14). The van der Waals surface area contributed by atoms with Gasteiger partial charge in [0.05, 0.1) is 12.8 Å². The van der Waals surface area contributed by atoms with Gasteiger partial charge in [0.2, 0.25) is 15.9 Å². The Balaban J connectivity index is 2.52. The van der Waals surface area contributed by atoms with Crippen LogP contribution in [0.4, 0.5) is 0 Å². The van der Waals surface area contributed by atoms with Gasteiger partial charge in [0.15, 0.2) is 0 Å². The van der Waals surface area contributed by atoms with Crippen LogP contribution in [0.3, 0.4) is 0 Å². The van der Waals surface area contributed by atoms with Gasteiger partial charge in [0, 0.05) is 12.1 Å². The lowest BCUT2D eigenvalue weighted by Crippen LogP contribution is -2.45. The predicted octanol–water partition coefficient (Wildman–Crippen LogP) is 0.715. The molecular formula is C11H22N2O3S. The number of hydrogen-bond donors (Lipinski definition) is 1. The van der Waals surface area contributed by atoms with Crippen LogP contribution in [0.5, 0.6) is 0 Å². The highest BCUT2D eigenvalue weighted by Gasteiger charge is 2.24. The van der Waals surface area contributed by atoms with Gasteiger partial charge < -0.3 is 5.32 Å². The van der Waals surface area contributed by atoms with Gasteiger partial charge in [0.1, 0.15) is 0 Å². The molecular weight excluding hydrogens is 240 g/mol. The lowest BCUT2D eigenvalue weighted by atomic mass is 10.2. The Morgan fingerprint density at radius 3 is 2.29 bits per heavy atom. The number of sulfonamides is 1. The van der Waals surface area contributed by atoms with Gasteiger partial charge in [0.25, 0.3) is 0 Å². The molecule has 100 valence electrons. The van der Waals surface area contributed by atoms with E-state index in [0.29, 0.717) is 0 Å². The third-order valence-electron chi connectivity index (χ3n) is 3.02. The number of carbonyl (C=O) groups excluding carboxylic acids is 1. The molecule has 1 amide bonds. The Labute approximate surface area is 104 Å². The zero-order valence-electron chi connectivity index (χ0n) is 10.8. The van der Waals surface area contributed by atoms with Gasteiger partial charge in [-0.1, -0.05) is 12.8 Å². The highest BCUT2D eigenvalue weighted by molar-refractivity contribution is 7.88. The van der Waals surface area contributed by atoms with Crippen LogP contribution in [-0.4, -0.2) is 43.5 Å². The number of carbonyl (C=O) groups is 1. The number of nitrogens with one attached hydrogen (secondary N) is 1. The van der Waals surface area contributed by atoms with Gasteiger partial charge in [-0.15, -0.1) is 0 Å². The molecule has 0 aliphatic heterocycles. The molecule has 6 heteroatoms. The number of hydrogen-bond acceptors (Lipinski definition) is 3. The molecule has 0 saturated heterocycles. The first-order chi connectivity index (χ1) is 7.80. The molecule has 1 saturated carbocycles. The highest BCUT2D eigenvalue weighted by atomic mass is 32.2. The molecule has 5 nitrogen and oxygen atoms in total. The first kappa shape index (κ1) is 14.4. The fraction of sp³-hybridized carbons (Fsp3) is 0.909. The summed E-state index contributed by atoms with van der Waals surface area (Å²) < 4.78 is 24.2. The molecule has 0 heterocycles. The van der Waals surface area contributed by atoms with E-state index in [1.165, 1.54) is 4.31 Å². The van der Waals surface area contributed by atoms with Gasteiger partial charge in [-0.05, 0) is 26.7 Å². The summed E-state index contributed by atoms with van der Waals surface area (Å²) in [7, 11) is -3.32. The average Bonchev–Trinajstić information content (AvgIpc) is 2.64. The van der Waals surface area contributed by atoms with E-state index in [4.69, 9.17) is 0 Å². The normalized spacial score (nSPS) is 17.9. The summed E-state index contributed by atoms with van der Waals surface area (Å²) in [6.45, 7) is 3.46. The van der Waals surface area contributed by atoms with Crippen LogP contribution in [0.2, 0.25) is 0 Å². The van der Waals surface area contributed by atoms with Crippen molar-refractivity contribution in [1.29, 1.82) is 0 Å². The quantitative estimate of drug-likeness (QED) is 0.793. The lowest BCUT2D eigenvalue weighted by Gasteiger charge is -2.24. The Kier molecular flexibility index (Phi) is 4.94. The summed E-state index contributed by atoms with van der Waals surface area (Å²) in [4.78, 5) is 11.7. The molecule has 0 atom stereocenters. The number of amides is 1. The Bertz CT molecular complexity index is 359. The SMILES string of the molecule is CC(C)N(CC(=O)NC1CCCC1)S(C)(=O)=O. The molecule has 1 fully saturated rings. The van der Waals surface area contributed by atoms with Crippen LogP contribution < -0.4 is 5.32 Å². The first-order valence-corrected chi connectivity index (χ1v) is 7.91. The van der Waals surface area contributed by atoms with Crippen molar-refractivity contribution < 1.29 is 13.2 Å². The molecule has 0 bridgehead atoms. The van der Waals surface area contributed by atoms with Gasteiger partial charge in [-0.3, -0.25) is 4.79 Å². The maximum atomic E-state index is 11.7. The molecule has 0 aromatic heterocycles. The van der Waals surface area contributed by atoms with Crippen molar-refractivity contribution in [1.82, 2.24) is 9.62 Å². The summed E-state index contributed by atoms with van der Waals surface area (Å²) in [5.74, 6) is -0.198.